The Morgan fingerprint density at radius 3 is 2.68 bits per heavy atom. The molecule has 2 unspecified atom stereocenters. The van der Waals surface area contributed by atoms with Gasteiger partial charge in [-0.15, -0.1) is 12.4 Å². The summed E-state index contributed by atoms with van der Waals surface area (Å²) in [7, 11) is -3.56. The summed E-state index contributed by atoms with van der Waals surface area (Å²) in [6.45, 7) is 3.49. The molecule has 0 saturated carbocycles. The molecule has 0 spiro atoms. The zero-order chi connectivity index (χ0) is 17.2. The number of hydrogen-bond acceptors (Lipinski definition) is 4. The van der Waals surface area contributed by atoms with Crippen LogP contribution in [-0.4, -0.2) is 41.6 Å². The Hall–Kier alpha value is -1.41. The van der Waals surface area contributed by atoms with Crippen LogP contribution in [0.5, 0.6) is 0 Å². The lowest BCUT2D eigenvalue weighted by Crippen LogP contribution is -2.51. The maximum atomic E-state index is 13.0. The van der Waals surface area contributed by atoms with E-state index < -0.39 is 10.0 Å². The standard InChI is InChI=1S/C17H24N4O2S.ClH/c1-14-6-5-9-21(17(14)10-18)24(22,23)16-11-19-20(13-16)12-15-7-3-2-4-8-15;/h2-4,7-8,11,13-14,17H,5-6,9-10,12,18H2,1H3;1H. The van der Waals surface area contributed by atoms with Crippen molar-refractivity contribution < 1.29 is 8.42 Å². The smallest absolute Gasteiger partial charge is 0.246 e. The number of aromatic nitrogens is 2. The normalized spacial score (nSPS) is 21.7. The van der Waals surface area contributed by atoms with E-state index in [2.05, 4.69) is 12.0 Å². The van der Waals surface area contributed by atoms with Crippen molar-refractivity contribution >= 4 is 22.4 Å². The molecule has 1 aromatic heterocycles. The second-order valence-corrected chi connectivity index (χ2v) is 8.29. The summed E-state index contributed by atoms with van der Waals surface area (Å²) in [6.07, 6.45) is 4.93. The molecule has 1 saturated heterocycles. The lowest BCUT2D eigenvalue weighted by Gasteiger charge is -2.38. The Labute approximate surface area is 155 Å². The SMILES string of the molecule is CC1CCCN(S(=O)(=O)c2cnn(Cc3ccccc3)c2)C1CN.Cl. The van der Waals surface area contributed by atoms with Crippen LogP contribution in [0.4, 0.5) is 0 Å². The molecule has 1 aliphatic rings. The molecule has 1 fully saturated rings. The molecule has 1 aromatic carbocycles. The van der Waals surface area contributed by atoms with E-state index in [-0.39, 0.29) is 29.3 Å². The number of halogens is 1. The highest BCUT2D eigenvalue weighted by Crippen LogP contribution is 2.28. The molecular formula is C17H25ClN4O2S. The van der Waals surface area contributed by atoms with E-state index in [1.807, 2.05) is 30.3 Å². The highest BCUT2D eigenvalue weighted by molar-refractivity contribution is 7.89. The van der Waals surface area contributed by atoms with Gasteiger partial charge < -0.3 is 5.73 Å². The van der Waals surface area contributed by atoms with E-state index in [0.29, 0.717) is 19.6 Å². The number of hydrogen-bond donors (Lipinski definition) is 1. The van der Waals surface area contributed by atoms with Gasteiger partial charge in [0.1, 0.15) is 4.90 Å². The van der Waals surface area contributed by atoms with Gasteiger partial charge in [0.2, 0.25) is 10.0 Å². The molecule has 25 heavy (non-hydrogen) atoms. The molecule has 0 bridgehead atoms. The first-order valence-electron chi connectivity index (χ1n) is 8.30. The van der Waals surface area contributed by atoms with E-state index in [1.54, 1.807) is 15.2 Å². The highest BCUT2D eigenvalue weighted by Gasteiger charge is 2.37. The van der Waals surface area contributed by atoms with Crippen molar-refractivity contribution in [3.05, 3.63) is 48.3 Å². The summed E-state index contributed by atoms with van der Waals surface area (Å²) in [5.41, 5.74) is 6.92. The van der Waals surface area contributed by atoms with Crippen LogP contribution in [0.2, 0.25) is 0 Å². The number of piperidine rings is 1. The van der Waals surface area contributed by atoms with Gasteiger partial charge in [-0.3, -0.25) is 4.68 Å². The van der Waals surface area contributed by atoms with Crippen LogP contribution in [0.1, 0.15) is 25.3 Å². The molecule has 8 heteroatoms. The molecule has 6 nitrogen and oxygen atoms in total. The van der Waals surface area contributed by atoms with Crippen molar-refractivity contribution in [1.82, 2.24) is 14.1 Å². The van der Waals surface area contributed by atoms with Gasteiger partial charge in [0.15, 0.2) is 0 Å². The van der Waals surface area contributed by atoms with Crippen LogP contribution in [0.15, 0.2) is 47.6 Å². The minimum atomic E-state index is -3.56. The maximum Gasteiger partial charge on any atom is 0.246 e. The number of rotatable bonds is 5. The minimum absolute atomic E-state index is 0. The average molecular weight is 385 g/mol. The van der Waals surface area contributed by atoms with Crippen LogP contribution in [0.3, 0.4) is 0 Å². The van der Waals surface area contributed by atoms with Crippen molar-refractivity contribution in [2.75, 3.05) is 13.1 Å². The molecule has 138 valence electrons. The monoisotopic (exact) mass is 384 g/mol. The molecular weight excluding hydrogens is 360 g/mol. The Balaban J connectivity index is 0.00000225. The lowest BCUT2D eigenvalue weighted by molar-refractivity contribution is 0.192. The molecule has 0 amide bonds. The molecule has 2 atom stereocenters. The second-order valence-electron chi connectivity index (χ2n) is 6.40. The number of sulfonamides is 1. The van der Waals surface area contributed by atoms with Gasteiger partial charge in [0.05, 0.1) is 12.7 Å². The van der Waals surface area contributed by atoms with Crippen LogP contribution in [0.25, 0.3) is 0 Å². The predicted octanol–water partition coefficient (Wildman–Crippen LogP) is 2.10. The third kappa shape index (κ3) is 4.23. The Morgan fingerprint density at radius 2 is 2.00 bits per heavy atom. The molecule has 1 aliphatic heterocycles. The average Bonchev–Trinajstić information content (AvgIpc) is 3.05. The summed E-state index contributed by atoms with van der Waals surface area (Å²) in [5.74, 6) is 0.276. The topological polar surface area (TPSA) is 81.2 Å². The predicted molar refractivity (Wildman–Crippen MR) is 100 cm³/mol. The minimum Gasteiger partial charge on any atom is -0.329 e. The quantitative estimate of drug-likeness (QED) is 0.855. The molecule has 0 aliphatic carbocycles. The number of benzene rings is 1. The van der Waals surface area contributed by atoms with E-state index in [0.717, 1.165) is 18.4 Å². The van der Waals surface area contributed by atoms with Crippen molar-refractivity contribution in [2.45, 2.75) is 37.2 Å². The highest BCUT2D eigenvalue weighted by atomic mass is 35.5. The summed E-state index contributed by atoms with van der Waals surface area (Å²) >= 11 is 0. The van der Waals surface area contributed by atoms with Gasteiger partial charge >= 0.3 is 0 Å². The van der Waals surface area contributed by atoms with E-state index in [1.165, 1.54) is 6.20 Å². The van der Waals surface area contributed by atoms with Crippen LogP contribution in [0, 0.1) is 5.92 Å². The van der Waals surface area contributed by atoms with Gasteiger partial charge in [-0.2, -0.15) is 9.40 Å². The largest absolute Gasteiger partial charge is 0.329 e. The van der Waals surface area contributed by atoms with Crippen molar-refractivity contribution in [1.29, 1.82) is 0 Å². The van der Waals surface area contributed by atoms with Crippen molar-refractivity contribution in [3.63, 3.8) is 0 Å². The van der Waals surface area contributed by atoms with Gasteiger partial charge in [0, 0.05) is 25.3 Å². The number of nitrogens with two attached hydrogens (primary N) is 1. The molecule has 3 rings (SSSR count). The Kier molecular flexibility index (Phi) is 6.62. The zero-order valence-corrected chi connectivity index (χ0v) is 15.9. The fourth-order valence-corrected chi connectivity index (χ4v) is 5.06. The first-order chi connectivity index (χ1) is 11.5. The van der Waals surface area contributed by atoms with Crippen molar-refractivity contribution in [3.8, 4) is 0 Å². The summed E-state index contributed by atoms with van der Waals surface area (Å²) in [6, 6.07) is 9.71. The second kappa shape index (κ2) is 8.31. The Morgan fingerprint density at radius 1 is 1.28 bits per heavy atom. The third-order valence-corrected chi connectivity index (χ3v) is 6.59. The van der Waals surface area contributed by atoms with Gasteiger partial charge in [0.25, 0.3) is 0 Å². The third-order valence-electron chi connectivity index (χ3n) is 4.71. The van der Waals surface area contributed by atoms with E-state index in [4.69, 9.17) is 5.73 Å². The lowest BCUT2D eigenvalue weighted by atomic mass is 9.93. The summed E-state index contributed by atoms with van der Waals surface area (Å²) in [5, 5.41) is 4.22. The van der Waals surface area contributed by atoms with E-state index >= 15 is 0 Å². The van der Waals surface area contributed by atoms with Crippen LogP contribution >= 0.6 is 12.4 Å². The van der Waals surface area contributed by atoms with Crippen LogP contribution in [-0.2, 0) is 16.6 Å². The zero-order valence-electron chi connectivity index (χ0n) is 14.3. The first kappa shape index (κ1) is 19.9. The van der Waals surface area contributed by atoms with Gasteiger partial charge in [-0.25, -0.2) is 8.42 Å². The molecule has 2 N–H and O–H groups in total. The molecule has 2 aromatic rings. The molecule has 0 radical (unpaired) electrons. The van der Waals surface area contributed by atoms with Crippen LogP contribution < -0.4 is 5.73 Å². The maximum absolute atomic E-state index is 13.0. The molecule has 2 heterocycles. The fraction of sp³-hybridized carbons (Fsp3) is 0.471. The van der Waals surface area contributed by atoms with Gasteiger partial charge in [-0.1, -0.05) is 37.3 Å². The van der Waals surface area contributed by atoms with E-state index in [9.17, 15) is 8.42 Å². The van der Waals surface area contributed by atoms with Gasteiger partial charge in [-0.05, 0) is 24.3 Å². The summed E-state index contributed by atoms with van der Waals surface area (Å²) < 4.78 is 29.2. The fourth-order valence-electron chi connectivity index (χ4n) is 3.33. The number of nitrogens with zero attached hydrogens (tertiary/aromatic N) is 3. The first-order valence-corrected chi connectivity index (χ1v) is 9.74. The summed E-state index contributed by atoms with van der Waals surface area (Å²) in [4.78, 5) is 0.242. The Bertz CT molecular complexity index is 779. The van der Waals surface area contributed by atoms with Crippen molar-refractivity contribution in [2.24, 2.45) is 11.7 Å².